The van der Waals surface area contributed by atoms with Crippen LogP contribution in [0, 0.1) is 0 Å². The van der Waals surface area contributed by atoms with Gasteiger partial charge in [0.2, 0.25) is 0 Å². The van der Waals surface area contributed by atoms with Crippen LogP contribution >= 0.6 is 0 Å². The molecule has 0 saturated carbocycles. The fourth-order valence-electron chi connectivity index (χ4n) is 3.75. The number of carbonyl (C=O) groups is 2. The molecular formula is C19H24N6O2. The summed E-state index contributed by atoms with van der Waals surface area (Å²) in [6.45, 7) is 2.81. The number of nitrogens with one attached hydrogen (secondary N) is 1. The van der Waals surface area contributed by atoms with Crippen molar-refractivity contribution >= 4 is 23.4 Å². The molecule has 0 bridgehead atoms. The van der Waals surface area contributed by atoms with E-state index in [0.29, 0.717) is 25.3 Å². The van der Waals surface area contributed by atoms with Crippen LogP contribution in [0.5, 0.6) is 0 Å². The van der Waals surface area contributed by atoms with Crippen LogP contribution in [0.3, 0.4) is 0 Å². The Bertz CT molecular complexity index is 821. The lowest BCUT2D eigenvalue weighted by molar-refractivity contribution is 0.199. The Morgan fingerprint density at radius 2 is 2.15 bits per heavy atom. The Hall–Kier alpha value is -3.03. The third-order valence-electron chi connectivity index (χ3n) is 5.22. The van der Waals surface area contributed by atoms with E-state index in [1.54, 1.807) is 23.0 Å². The fraction of sp³-hybridized carbons (Fsp3) is 0.421. The molecule has 1 N–H and O–H groups in total. The molecule has 0 spiro atoms. The average molecular weight is 368 g/mol. The summed E-state index contributed by atoms with van der Waals surface area (Å²) in [5.41, 5.74) is 1.50. The highest BCUT2D eigenvalue weighted by molar-refractivity contribution is 5.95. The molecule has 2 aliphatic rings. The third-order valence-corrected chi connectivity index (χ3v) is 5.22. The zero-order valence-corrected chi connectivity index (χ0v) is 15.4. The number of anilines is 2. The number of nitrogens with zero attached hydrogens (tertiary/aromatic N) is 5. The molecule has 27 heavy (non-hydrogen) atoms. The second-order valence-electron chi connectivity index (χ2n) is 7.05. The van der Waals surface area contributed by atoms with Crippen LogP contribution in [0.4, 0.5) is 21.0 Å². The van der Waals surface area contributed by atoms with Crippen molar-refractivity contribution in [2.45, 2.75) is 25.4 Å². The van der Waals surface area contributed by atoms with E-state index in [2.05, 4.69) is 10.4 Å². The molecule has 142 valence electrons. The van der Waals surface area contributed by atoms with Crippen molar-refractivity contribution in [1.29, 1.82) is 0 Å². The molecule has 8 nitrogen and oxygen atoms in total. The van der Waals surface area contributed by atoms with E-state index in [4.69, 9.17) is 0 Å². The maximum Gasteiger partial charge on any atom is 0.324 e. The summed E-state index contributed by atoms with van der Waals surface area (Å²) in [6, 6.07) is 9.37. The maximum absolute atomic E-state index is 12.8. The molecule has 1 aromatic heterocycles. The monoisotopic (exact) mass is 368 g/mol. The maximum atomic E-state index is 12.8. The Labute approximate surface area is 158 Å². The summed E-state index contributed by atoms with van der Waals surface area (Å²) < 4.78 is 1.87. The highest BCUT2D eigenvalue weighted by Crippen LogP contribution is 2.25. The van der Waals surface area contributed by atoms with Gasteiger partial charge in [0.1, 0.15) is 0 Å². The first-order valence-corrected chi connectivity index (χ1v) is 9.29. The average Bonchev–Trinajstić information content (AvgIpc) is 3.39. The number of hydrogen-bond donors (Lipinski definition) is 1. The first kappa shape index (κ1) is 17.4. The highest BCUT2D eigenvalue weighted by atomic mass is 16.2. The molecule has 2 aromatic rings. The van der Waals surface area contributed by atoms with Gasteiger partial charge in [-0.3, -0.25) is 9.58 Å². The molecule has 8 heteroatoms. The molecular weight excluding hydrogens is 344 g/mol. The molecule has 3 heterocycles. The lowest BCUT2D eigenvalue weighted by Crippen LogP contribution is -2.40. The molecule has 2 aliphatic heterocycles. The lowest BCUT2D eigenvalue weighted by Gasteiger charge is -2.25. The number of aromatic nitrogens is 2. The lowest BCUT2D eigenvalue weighted by atomic mass is 10.2. The van der Waals surface area contributed by atoms with E-state index in [1.807, 2.05) is 46.1 Å². The first-order valence-electron chi connectivity index (χ1n) is 9.29. The number of carbonyl (C=O) groups excluding carboxylic acids is 2. The first-order chi connectivity index (χ1) is 13.1. The van der Waals surface area contributed by atoms with Crippen LogP contribution in [0.1, 0.15) is 12.8 Å². The van der Waals surface area contributed by atoms with Crippen LogP contribution in [0.15, 0.2) is 42.7 Å². The van der Waals surface area contributed by atoms with Gasteiger partial charge in [0.25, 0.3) is 0 Å². The normalized spacial score (nSPS) is 19.8. The van der Waals surface area contributed by atoms with Crippen LogP contribution in [-0.4, -0.2) is 64.4 Å². The molecule has 1 atom stereocenters. The number of rotatable bonds is 4. The van der Waals surface area contributed by atoms with Crippen LogP contribution in [-0.2, 0) is 6.54 Å². The zero-order chi connectivity index (χ0) is 18.8. The SMILES string of the molecule is CN1CCN(c2cccc(NC(=O)N3CCCC3Cn3cccn3)c2)C1=O. The summed E-state index contributed by atoms with van der Waals surface area (Å²) in [7, 11) is 1.79. The van der Waals surface area contributed by atoms with Crippen LogP contribution in [0.2, 0.25) is 0 Å². The fourth-order valence-corrected chi connectivity index (χ4v) is 3.75. The Morgan fingerprint density at radius 1 is 1.26 bits per heavy atom. The minimum absolute atomic E-state index is 0.0164. The van der Waals surface area contributed by atoms with Crippen molar-refractivity contribution in [3.8, 4) is 0 Å². The molecule has 2 fully saturated rings. The second kappa shape index (κ2) is 7.30. The number of benzene rings is 1. The van der Waals surface area contributed by atoms with Crippen LogP contribution in [0.25, 0.3) is 0 Å². The van der Waals surface area contributed by atoms with Gasteiger partial charge in [-0.2, -0.15) is 5.10 Å². The number of hydrogen-bond acceptors (Lipinski definition) is 3. The smallest absolute Gasteiger partial charge is 0.324 e. The van der Waals surface area contributed by atoms with Gasteiger partial charge < -0.3 is 15.1 Å². The molecule has 4 rings (SSSR count). The zero-order valence-electron chi connectivity index (χ0n) is 15.4. The standard InChI is InChI=1S/C19H24N6O2/c1-22-11-12-25(19(22)27)16-6-2-5-15(13-16)21-18(26)24-10-3-7-17(24)14-23-9-4-8-20-23/h2,4-6,8-9,13,17H,3,7,10-12,14H2,1H3,(H,21,26). The quantitative estimate of drug-likeness (QED) is 0.901. The van der Waals surface area contributed by atoms with Gasteiger partial charge in [0, 0.05) is 50.5 Å². The summed E-state index contributed by atoms with van der Waals surface area (Å²) in [4.78, 5) is 30.3. The highest BCUT2D eigenvalue weighted by Gasteiger charge is 2.30. The van der Waals surface area contributed by atoms with E-state index in [1.165, 1.54) is 0 Å². The summed E-state index contributed by atoms with van der Waals surface area (Å²) >= 11 is 0. The number of likely N-dealkylation sites (N-methyl/N-ethyl adjacent to an activating group) is 1. The predicted octanol–water partition coefficient (Wildman–Crippen LogP) is 2.45. The van der Waals surface area contributed by atoms with E-state index >= 15 is 0 Å². The molecule has 2 saturated heterocycles. The number of amides is 4. The minimum Gasteiger partial charge on any atom is -0.326 e. The molecule has 1 aromatic carbocycles. The van der Waals surface area contributed by atoms with Gasteiger partial charge in [0.05, 0.1) is 12.6 Å². The molecule has 1 unspecified atom stereocenters. The van der Waals surface area contributed by atoms with Crippen molar-refractivity contribution in [2.75, 3.05) is 36.9 Å². The van der Waals surface area contributed by atoms with Crippen molar-refractivity contribution in [3.05, 3.63) is 42.7 Å². The van der Waals surface area contributed by atoms with Gasteiger partial charge in [-0.1, -0.05) is 6.07 Å². The molecule has 0 radical (unpaired) electrons. The van der Waals surface area contributed by atoms with Gasteiger partial charge in [0.15, 0.2) is 0 Å². The van der Waals surface area contributed by atoms with E-state index in [9.17, 15) is 9.59 Å². The number of likely N-dealkylation sites (tertiary alicyclic amines) is 1. The van der Waals surface area contributed by atoms with Gasteiger partial charge >= 0.3 is 12.1 Å². The van der Waals surface area contributed by atoms with E-state index in [0.717, 1.165) is 25.1 Å². The van der Waals surface area contributed by atoms with Gasteiger partial charge in [-0.25, -0.2) is 9.59 Å². The topological polar surface area (TPSA) is 73.7 Å². The van der Waals surface area contributed by atoms with E-state index in [-0.39, 0.29) is 18.1 Å². The second-order valence-corrected chi connectivity index (χ2v) is 7.05. The largest absolute Gasteiger partial charge is 0.326 e. The summed E-state index contributed by atoms with van der Waals surface area (Å²) in [5, 5.41) is 7.23. The molecule has 4 amide bonds. The predicted molar refractivity (Wildman–Crippen MR) is 103 cm³/mol. The van der Waals surface area contributed by atoms with Gasteiger partial charge in [-0.05, 0) is 37.1 Å². The Balaban J connectivity index is 1.43. The Kier molecular flexibility index (Phi) is 4.70. The van der Waals surface area contributed by atoms with Crippen LogP contribution < -0.4 is 10.2 Å². The third kappa shape index (κ3) is 3.60. The van der Waals surface area contributed by atoms with Crippen molar-refractivity contribution in [3.63, 3.8) is 0 Å². The van der Waals surface area contributed by atoms with E-state index < -0.39 is 0 Å². The molecule has 0 aliphatic carbocycles. The summed E-state index contributed by atoms with van der Waals surface area (Å²) in [5.74, 6) is 0. The Morgan fingerprint density at radius 3 is 2.89 bits per heavy atom. The summed E-state index contributed by atoms with van der Waals surface area (Å²) in [6.07, 6.45) is 5.64. The number of urea groups is 2. The van der Waals surface area contributed by atoms with Gasteiger partial charge in [-0.15, -0.1) is 0 Å². The van der Waals surface area contributed by atoms with Crippen molar-refractivity contribution in [1.82, 2.24) is 19.6 Å². The minimum atomic E-state index is -0.105. The van der Waals surface area contributed by atoms with Crippen molar-refractivity contribution < 1.29 is 9.59 Å². The van der Waals surface area contributed by atoms with Crippen molar-refractivity contribution in [2.24, 2.45) is 0 Å².